The Kier molecular flexibility index (Phi) is 7.25. The monoisotopic (exact) mass is 228 g/mol. The van der Waals surface area contributed by atoms with Gasteiger partial charge in [0.15, 0.2) is 0 Å². The van der Waals surface area contributed by atoms with E-state index in [0.717, 1.165) is 19.0 Å². The van der Waals surface area contributed by atoms with Crippen LogP contribution in [0.4, 0.5) is 0 Å². The quantitative estimate of drug-likeness (QED) is 0.720. The highest BCUT2D eigenvalue weighted by atomic mass is 15.1. The van der Waals surface area contributed by atoms with Crippen molar-refractivity contribution in [2.24, 2.45) is 11.3 Å². The summed E-state index contributed by atoms with van der Waals surface area (Å²) in [6.45, 7) is 13.6. The lowest BCUT2D eigenvalue weighted by atomic mass is 9.92. The highest BCUT2D eigenvalue weighted by Gasteiger charge is 2.20. The van der Waals surface area contributed by atoms with E-state index in [1.807, 2.05) is 0 Å². The molecule has 98 valence electrons. The molecule has 16 heavy (non-hydrogen) atoms. The summed E-state index contributed by atoms with van der Waals surface area (Å²) in [7, 11) is 4.39. The maximum Gasteiger partial charge on any atom is 0.0242 e. The molecular formula is C14H32N2. The first-order chi connectivity index (χ1) is 7.31. The molecule has 0 aromatic heterocycles. The molecule has 1 N–H and O–H groups in total. The van der Waals surface area contributed by atoms with Crippen LogP contribution < -0.4 is 5.32 Å². The third-order valence-electron chi connectivity index (χ3n) is 3.27. The molecule has 0 aliphatic rings. The van der Waals surface area contributed by atoms with E-state index >= 15 is 0 Å². The minimum Gasteiger partial charge on any atom is -0.315 e. The fourth-order valence-corrected chi connectivity index (χ4v) is 2.20. The van der Waals surface area contributed by atoms with Crippen LogP contribution in [0.3, 0.4) is 0 Å². The maximum atomic E-state index is 3.61. The number of nitrogens with zero attached hydrogens (tertiary/aromatic N) is 1. The first-order valence-corrected chi connectivity index (χ1v) is 6.69. The van der Waals surface area contributed by atoms with E-state index in [2.05, 4.69) is 58.9 Å². The second-order valence-electron chi connectivity index (χ2n) is 6.30. The van der Waals surface area contributed by atoms with Crippen molar-refractivity contribution in [3.8, 4) is 0 Å². The molecule has 0 saturated heterocycles. The Labute approximate surface area is 103 Å². The molecule has 0 aliphatic carbocycles. The van der Waals surface area contributed by atoms with Crippen LogP contribution in [-0.4, -0.2) is 38.1 Å². The van der Waals surface area contributed by atoms with Crippen molar-refractivity contribution in [3.63, 3.8) is 0 Å². The van der Waals surface area contributed by atoms with Crippen LogP contribution in [0.5, 0.6) is 0 Å². The molecule has 0 rings (SSSR count). The van der Waals surface area contributed by atoms with E-state index < -0.39 is 0 Å². The molecule has 0 bridgehead atoms. The van der Waals surface area contributed by atoms with Crippen LogP contribution in [0.15, 0.2) is 0 Å². The molecule has 2 nitrogen and oxygen atoms in total. The van der Waals surface area contributed by atoms with E-state index in [-0.39, 0.29) is 0 Å². The van der Waals surface area contributed by atoms with Gasteiger partial charge < -0.3 is 10.2 Å². The summed E-state index contributed by atoms with van der Waals surface area (Å²) < 4.78 is 0. The zero-order valence-electron chi connectivity index (χ0n) is 12.4. The summed E-state index contributed by atoms with van der Waals surface area (Å²) in [5.74, 6) is 0.808. The van der Waals surface area contributed by atoms with Gasteiger partial charge in [-0.1, -0.05) is 47.5 Å². The van der Waals surface area contributed by atoms with Crippen molar-refractivity contribution < 1.29 is 0 Å². The molecule has 1 atom stereocenters. The van der Waals surface area contributed by atoms with Crippen LogP contribution >= 0.6 is 0 Å². The molecule has 0 heterocycles. The topological polar surface area (TPSA) is 15.3 Å². The SMILES string of the molecule is CCC(CC)C(CNCC(C)(C)C)N(C)C. The predicted molar refractivity (Wildman–Crippen MR) is 73.9 cm³/mol. The van der Waals surface area contributed by atoms with E-state index in [9.17, 15) is 0 Å². The van der Waals surface area contributed by atoms with Crippen LogP contribution in [0.25, 0.3) is 0 Å². The minimum absolute atomic E-state index is 0.380. The Morgan fingerprint density at radius 2 is 1.56 bits per heavy atom. The molecular weight excluding hydrogens is 196 g/mol. The third kappa shape index (κ3) is 6.49. The molecule has 0 aliphatic heterocycles. The number of nitrogens with one attached hydrogen (secondary N) is 1. The lowest BCUT2D eigenvalue weighted by Crippen LogP contribution is -2.44. The van der Waals surface area contributed by atoms with Gasteiger partial charge in [-0.05, 0) is 25.4 Å². The minimum atomic E-state index is 0.380. The number of likely N-dealkylation sites (N-methyl/N-ethyl adjacent to an activating group) is 1. The van der Waals surface area contributed by atoms with Gasteiger partial charge in [0.2, 0.25) is 0 Å². The fourth-order valence-electron chi connectivity index (χ4n) is 2.20. The van der Waals surface area contributed by atoms with Gasteiger partial charge in [-0.25, -0.2) is 0 Å². The van der Waals surface area contributed by atoms with E-state index in [1.54, 1.807) is 0 Å². The molecule has 0 aromatic rings. The van der Waals surface area contributed by atoms with Crippen LogP contribution in [0.1, 0.15) is 47.5 Å². The van der Waals surface area contributed by atoms with Crippen LogP contribution in [0.2, 0.25) is 0 Å². The summed E-state index contributed by atoms with van der Waals surface area (Å²) in [5, 5.41) is 3.61. The van der Waals surface area contributed by atoms with E-state index in [4.69, 9.17) is 0 Å². The van der Waals surface area contributed by atoms with Gasteiger partial charge in [-0.2, -0.15) is 0 Å². The first-order valence-electron chi connectivity index (χ1n) is 6.69. The second-order valence-corrected chi connectivity index (χ2v) is 6.30. The largest absolute Gasteiger partial charge is 0.315 e. The van der Waals surface area contributed by atoms with Crippen molar-refractivity contribution in [2.45, 2.75) is 53.5 Å². The lowest BCUT2D eigenvalue weighted by molar-refractivity contribution is 0.189. The standard InChI is InChI=1S/C14H32N2/c1-8-12(9-2)13(16(6)7)10-15-11-14(3,4)5/h12-13,15H,8-11H2,1-7H3. The molecule has 0 radical (unpaired) electrons. The van der Waals surface area contributed by atoms with Gasteiger partial charge in [-0.3, -0.25) is 0 Å². The average Bonchev–Trinajstić information content (AvgIpc) is 2.15. The molecule has 0 saturated carbocycles. The van der Waals surface area contributed by atoms with Gasteiger partial charge in [-0.15, -0.1) is 0 Å². The normalized spacial score (nSPS) is 14.8. The van der Waals surface area contributed by atoms with Crippen molar-refractivity contribution in [3.05, 3.63) is 0 Å². The summed E-state index contributed by atoms with van der Waals surface area (Å²) in [6, 6.07) is 0.664. The number of hydrogen-bond acceptors (Lipinski definition) is 2. The van der Waals surface area contributed by atoms with Gasteiger partial charge >= 0.3 is 0 Å². The Morgan fingerprint density at radius 1 is 1.06 bits per heavy atom. The highest BCUT2D eigenvalue weighted by Crippen LogP contribution is 2.17. The first kappa shape index (κ1) is 15.9. The van der Waals surface area contributed by atoms with Crippen molar-refractivity contribution in [2.75, 3.05) is 27.2 Å². The van der Waals surface area contributed by atoms with Crippen LogP contribution in [0, 0.1) is 11.3 Å². The van der Waals surface area contributed by atoms with Crippen molar-refractivity contribution >= 4 is 0 Å². The predicted octanol–water partition coefficient (Wildman–Crippen LogP) is 2.99. The van der Waals surface area contributed by atoms with Crippen molar-refractivity contribution in [1.82, 2.24) is 10.2 Å². The van der Waals surface area contributed by atoms with E-state index in [1.165, 1.54) is 12.8 Å². The Bertz CT molecular complexity index is 166. The average molecular weight is 228 g/mol. The highest BCUT2D eigenvalue weighted by molar-refractivity contribution is 4.78. The zero-order chi connectivity index (χ0) is 12.8. The summed E-state index contributed by atoms with van der Waals surface area (Å²) in [6.07, 6.45) is 2.55. The maximum absolute atomic E-state index is 3.61. The van der Waals surface area contributed by atoms with Crippen LogP contribution in [-0.2, 0) is 0 Å². The Hall–Kier alpha value is -0.0800. The summed E-state index contributed by atoms with van der Waals surface area (Å²) >= 11 is 0. The van der Waals surface area contributed by atoms with Gasteiger partial charge in [0.25, 0.3) is 0 Å². The smallest absolute Gasteiger partial charge is 0.0242 e. The summed E-state index contributed by atoms with van der Waals surface area (Å²) in [4.78, 5) is 2.37. The molecule has 1 unspecified atom stereocenters. The molecule has 0 amide bonds. The Morgan fingerprint density at radius 3 is 1.88 bits per heavy atom. The zero-order valence-corrected chi connectivity index (χ0v) is 12.4. The second kappa shape index (κ2) is 7.29. The van der Waals surface area contributed by atoms with Gasteiger partial charge in [0.1, 0.15) is 0 Å². The third-order valence-corrected chi connectivity index (χ3v) is 3.27. The van der Waals surface area contributed by atoms with Crippen molar-refractivity contribution in [1.29, 1.82) is 0 Å². The van der Waals surface area contributed by atoms with E-state index in [0.29, 0.717) is 11.5 Å². The fraction of sp³-hybridized carbons (Fsp3) is 1.00. The lowest BCUT2D eigenvalue weighted by Gasteiger charge is -2.32. The van der Waals surface area contributed by atoms with Gasteiger partial charge in [0, 0.05) is 19.1 Å². The molecule has 0 fully saturated rings. The number of hydrogen-bond donors (Lipinski definition) is 1. The molecule has 0 spiro atoms. The molecule has 0 aromatic carbocycles. The number of rotatable bonds is 7. The Balaban J connectivity index is 4.14. The van der Waals surface area contributed by atoms with Gasteiger partial charge in [0.05, 0.1) is 0 Å². The summed E-state index contributed by atoms with van der Waals surface area (Å²) in [5.41, 5.74) is 0.380. The molecule has 2 heteroatoms.